The van der Waals surface area contributed by atoms with Crippen LogP contribution in [-0.2, 0) is 22.0 Å². The zero-order valence-corrected chi connectivity index (χ0v) is 15.4. The highest BCUT2D eigenvalue weighted by atomic mass is 32.2. The lowest BCUT2D eigenvalue weighted by atomic mass is 10.2. The van der Waals surface area contributed by atoms with Gasteiger partial charge in [-0.15, -0.1) is 11.3 Å². The van der Waals surface area contributed by atoms with E-state index in [1.165, 1.54) is 35.6 Å². The van der Waals surface area contributed by atoms with Crippen molar-refractivity contribution in [3.05, 3.63) is 87.6 Å². The average Bonchev–Trinajstić information content (AvgIpc) is 3.02. The molecule has 0 saturated heterocycles. The van der Waals surface area contributed by atoms with E-state index in [-0.39, 0.29) is 11.6 Å². The fourth-order valence-electron chi connectivity index (χ4n) is 2.54. The monoisotopic (exact) mass is 375 g/mol. The minimum Gasteiger partial charge on any atom is -0.245 e. The number of hydrogen-bond acceptors (Lipinski definition) is 4. The molecule has 1 heterocycles. The number of hydrogen-bond donors (Lipinski definition) is 0. The van der Waals surface area contributed by atoms with Crippen LogP contribution in [0.3, 0.4) is 0 Å². The lowest BCUT2D eigenvalue weighted by Gasteiger charge is -2.12. The molecule has 0 N–H and O–H groups in total. The summed E-state index contributed by atoms with van der Waals surface area (Å²) in [5, 5.41) is 1.99. The summed E-state index contributed by atoms with van der Waals surface area (Å²) in [6, 6.07) is 15.5. The largest absolute Gasteiger partial charge is 0.245 e. The Labute approximate surface area is 151 Å². The van der Waals surface area contributed by atoms with Gasteiger partial charge in [0.25, 0.3) is 0 Å². The van der Waals surface area contributed by atoms with Gasteiger partial charge in [-0.1, -0.05) is 42.5 Å². The molecule has 130 valence electrons. The fourth-order valence-corrected chi connectivity index (χ4v) is 4.85. The molecule has 25 heavy (non-hydrogen) atoms. The molecule has 0 aliphatic heterocycles. The van der Waals surface area contributed by atoms with Gasteiger partial charge in [0.05, 0.1) is 21.7 Å². The molecule has 0 amide bonds. The normalized spacial score (nSPS) is 12.9. The molecule has 0 aliphatic carbocycles. The number of nitrogens with zero attached hydrogens (tertiary/aromatic N) is 1. The van der Waals surface area contributed by atoms with Crippen LogP contribution in [0.1, 0.15) is 34.0 Å². The topological polar surface area (TPSA) is 47.0 Å². The summed E-state index contributed by atoms with van der Waals surface area (Å²) in [5.41, 5.74) is 2.29. The Hall–Kier alpha value is -2.05. The van der Waals surface area contributed by atoms with E-state index < -0.39 is 15.1 Å². The van der Waals surface area contributed by atoms with Gasteiger partial charge >= 0.3 is 0 Å². The average molecular weight is 375 g/mol. The maximum absolute atomic E-state index is 13.0. The van der Waals surface area contributed by atoms with E-state index in [9.17, 15) is 12.8 Å². The predicted molar refractivity (Wildman–Crippen MR) is 98.8 cm³/mol. The molecule has 0 fully saturated rings. The van der Waals surface area contributed by atoms with Crippen LogP contribution in [0, 0.1) is 5.82 Å². The molecule has 1 atom stereocenters. The van der Waals surface area contributed by atoms with E-state index in [0.717, 1.165) is 10.6 Å². The Morgan fingerprint density at radius 2 is 1.76 bits per heavy atom. The Kier molecular flexibility index (Phi) is 5.30. The highest BCUT2D eigenvalue weighted by Gasteiger charge is 2.24. The van der Waals surface area contributed by atoms with E-state index in [4.69, 9.17) is 0 Å². The highest BCUT2D eigenvalue weighted by molar-refractivity contribution is 7.90. The van der Waals surface area contributed by atoms with Crippen LogP contribution in [0.25, 0.3) is 0 Å². The van der Waals surface area contributed by atoms with E-state index >= 15 is 0 Å². The Morgan fingerprint density at radius 3 is 2.44 bits per heavy atom. The lowest BCUT2D eigenvalue weighted by Crippen LogP contribution is -2.13. The number of aromatic nitrogens is 1. The van der Waals surface area contributed by atoms with Gasteiger partial charge in [0.2, 0.25) is 0 Å². The summed E-state index contributed by atoms with van der Waals surface area (Å²) in [6.45, 7) is 1.62. The van der Waals surface area contributed by atoms with Gasteiger partial charge in [-0.3, -0.25) is 0 Å². The van der Waals surface area contributed by atoms with Crippen molar-refractivity contribution in [2.45, 2.75) is 24.3 Å². The smallest absolute Gasteiger partial charge is 0.162 e. The fraction of sp³-hybridized carbons (Fsp3) is 0.211. The molecule has 1 aromatic heterocycles. The molecule has 3 nitrogen and oxygen atoms in total. The van der Waals surface area contributed by atoms with Gasteiger partial charge in [0.1, 0.15) is 5.82 Å². The van der Waals surface area contributed by atoms with E-state index in [2.05, 4.69) is 4.98 Å². The van der Waals surface area contributed by atoms with Crippen molar-refractivity contribution in [3.8, 4) is 0 Å². The second-order valence-electron chi connectivity index (χ2n) is 5.90. The summed E-state index contributed by atoms with van der Waals surface area (Å²) in [4.78, 5) is 4.46. The molecule has 3 aromatic rings. The molecule has 3 rings (SSSR count). The van der Waals surface area contributed by atoms with Crippen molar-refractivity contribution in [1.29, 1.82) is 0 Å². The third kappa shape index (κ3) is 4.52. The Morgan fingerprint density at radius 1 is 1.08 bits per heavy atom. The summed E-state index contributed by atoms with van der Waals surface area (Å²) in [6.07, 6.45) is 0.694. The third-order valence-corrected chi connectivity index (χ3v) is 6.97. The minimum absolute atomic E-state index is 0.114. The van der Waals surface area contributed by atoms with Crippen molar-refractivity contribution in [2.24, 2.45) is 0 Å². The van der Waals surface area contributed by atoms with E-state index in [1.807, 2.05) is 30.3 Å². The van der Waals surface area contributed by atoms with Gasteiger partial charge in [0.15, 0.2) is 9.84 Å². The molecule has 0 radical (unpaired) electrons. The van der Waals surface area contributed by atoms with Crippen molar-refractivity contribution in [2.75, 3.05) is 0 Å². The first kappa shape index (κ1) is 17.8. The number of benzene rings is 2. The number of halogens is 1. The zero-order chi connectivity index (χ0) is 17.9. The Balaban J connectivity index is 1.72. The standard InChI is InChI=1S/C19H18FNO2S2/c1-14(16-7-9-17(20)10-8-16)25(22,23)13-18-12-24-19(21-18)11-15-5-3-2-4-6-15/h2-10,12,14H,11,13H2,1H3. The van der Waals surface area contributed by atoms with Crippen molar-refractivity contribution in [1.82, 2.24) is 4.98 Å². The van der Waals surface area contributed by atoms with E-state index in [0.29, 0.717) is 17.7 Å². The molecular weight excluding hydrogens is 357 g/mol. The van der Waals surface area contributed by atoms with Crippen LogP contribution in [0.4, 0.5) is 4.39 Å². The van der Waals surface area contributed by atoms with Crippen LogP contribution in [0.2, 0.25) is 0 Å². The molecule has 0 aliphatic rings. The quantitative estimate of drug-likeness (QED) is 0.635. The van der Waals surface area contributed by atoms with Crippen LogP contribution < -0.4 is 0 Å². The first-order valence-corrected chi connectivity index (χ1v) is 10.5. The zero-order valence-electron chi connectivity index (χ0n) is 13.7. The summed E-state index contributed by atoms with van der Waals surface area (Å²) < 4.78 is 38.3. The van der Waals surface area contributed by atoms with Gasteiger partial charge in [-0.25, -0.2) is 17.8 Å². The van der Waals surface area contributed by atoms with Crippen LogP contribution in [-0.4, -0.2) is 13.4 Å². The molecule has 2 aromatic carbocycles. The summed E-state index contributed by atoms with van der Waals surface area (Å²) >= 11 is 1.47. The van der Waals surface area contributed by atoms with Crippen molar-refractivity contribution >= 4 is 21.2 Å². The third-order valence-electron chi connectivity index (χ3n) is 4.02. The SMILES string of the molecule is CC(c1ccc(F)cc1)S(=O)(=O)Cc1csc(Cc2ccccc2)n1. The Bertz CT molecular complexity index is 935. The van der Waals surface area contributed by atoms with Gasteiger partial charge in [0, 0.05) is 11.8 Å². The first-order valence-electron chi connectivity index (χ1n) is 7.88. The number of rotatable bonds is 6. The molecule has 6 heteroatoms. The summed E-state index contributed by atoms with van der Waals surface area (Å²) in [5.74, 6) is -0.491. The second kappa shape index (κ2) is 7.45. The molecular formula is C19H18FNO2S2. The maximum atomic E-state index is 13.0. The minimum atomic E-state index is -3.42. The maximum Gasteiger partial charge on any atom is 0.162 e. The first-order chi connectivity index (χ1) is 11.9. The van der Waals surface area contributed by atoms with Crippen molar-refractivity contribution < 1.29 is 12.8 Å². The second-order valence-corrected chi connectivity index (χ2v) is 9.16. The lowest BCUT2D eigenvalue weighted by molar-refractivity contribution is 0.584. The number of sulfone groups is 1. The summed E-state index contributed by atoms with van der Waals surface area (Å²) in [7, 11) is -3.42. The van der Waals surface area contributed by atoms with Gasteiger partial charge in [-0.05, 0) is 30.2 Å². The predicted octanol–water partition coefficient (Wildman–Crippen LogP) is 4.55. The molecule has 0 spiro atoms. The van der Waals surface area contributed by atoms with Crippen LogP contribution >= 0.6 is 11.3 Å². The molecule has 0 saturated carbocycles. The molecule has 0 bridgehead atoms. The van der Waals surface area contributed by atoms with Crippen LogP contribution in [0.5, 0.6) is 0 Å². The van der Waals surface area contributed by atoms with Gasteiger partial charge in [-0.2, -0.15) is 0 Å². The highest BCUT2D eigenvalue weighted by Crippen LogP contribution is 2.26. The van der Waals surface area contributed by atoms with E-state index in [1.54, 1.807) is 12.3 Å². The molecule has 1 unspecified atom stereocenters. The number of thiazole rings is 1. The van der Waals surface area contributed by atoms with Crippen LogP contribution in [0.15, 0.2) is 60.0 Å². The van der Waals surface area contributed by atoms with Gasteiger partial charge < -0.3 is 0 Å². The van der Waals surface area contributed by atoms with Crippen molar-refractivity contribution in [3.63, 3.8) is 0 Å².